The Kier molecular flexibility index (Phi) is 82.5. The average Bonchev–Trinajstić information content (AvgIpc) is 0.901. The van der Waals surface area contributed by atoms with E-state index in [9.17, 15) is 43.2 Å². The van der Waals surface area contributed by atoms with Crippen molar-refractivity contribution in [1.29, 1.82) is 0 Å². The molecule has 3 N–H and O–H groups in total. The summed E-state index contributed by atoms with van der Waals surface area (Å²) in [5, 5.41) is 10.7. The lowest BCUT2D eigenvalue weighted by molar-refractivity contribution is -0.161. The average molecular weight is 1590 g/mol. The van der Waals surface area contributed by atoms with E-state index >= 15 is 0 Å². The van der Waals surface area contributed by atoms with Crippen LogP contribution in [-0.4, -0.2) is 96.7 Å². The summed E-state index contributed by atoms with van der Waals surface area (Å²) in [7, 11) is -9.93. The topological polar surface area (TPSA) is 237 Å². The predicted molar refractivity (Wildman–Crippen MR) is 451 cm³/mol. The molecule has 0 fully saturated rings. The molecule has 0 aromatic rings. The minimum Gasteiger partial charge on any atom is -0.462 e. The van der Waals surface area contributed by atoms with Crippen molar-refractivity contribution < 1.29 is 80.2 Å². The molecule has 0 aromatic carbocycles. The van der Waals surface area contributed by atoms with Crippen molar-refractivity contribution in [2.45, 2.75) is 515 Å². The van der Waals surface area contributed by atoms with Crippen LogP contribution in [0.5, 0.6) is 0 Å². The van der Waals surface area contributed by atoms with Gasteiger partial charge in [0.05, 0.1) is 26.4 Å². The normalized spacial score (nSPS) is 13.6. The SMILES string of the molecule is CCCCCCCCCCCCCCCCCCCCCCCCC(=O)O[C@H](COC(=O)CCCCCCCCCCCCCCCCCCCCCC)COP(=O)(O)OC[C@@H](O)COP(=O)(O)OC[C@@H](COC(=O)CCCCCCCCCCC)OC(=O)CCCCCCCCCCCCCCCCCCCC. The van der Waals surface area contributed by atoms with E-state index in [1.165, 1.54) is 327 Å². The molecule has 109 heavy (non-hydrogen) atoms. The summed E-state index contributed by atoms with van der Waals surface area (Å²) in [4.78, 5) is 73.3. The van der Waals surface area contributed by atoms with Crippen molar-refractivity contribution in [3.05, 3.63) is 0 Å². The number of ether oxygens (including phenoxy) is 4. The van der Waals surface area contributed by atoms with E-state index in [4.69, 9.17) is 37.0 Å². The van der Waals surface area contributed by atoms with Crippen LogP contribution in [0.3, 0.4) is 0 Å². The number of unbranched alkanes of at least 4 members (excludes halogenated alkanes) is 65. The number of hydrogen-bond donors (Lipinski definition) is 3. The van der Waals surface area contributed by atoms with Crippen LogP contribution in [0, 0.1) is 0 Å². The fourth-order valence-electron chi connectivity index (χ4n) is 14.2. The molecule has 0 aliphatic carbocycles. The summed E-state index contributed by atoms with van der Waals surface area (Å²) in [5.41, 5.74) is 0. The Morgan fingerprint density at radius 2 is 0.367 bits per heavy atom. The summed E-state index contributed by atoms with van der Waals surface area (Å²) in [6.07, 6.45) is 80.8. The van der Waals surface area contributed by atoms with Gasteiger partial charge in [0.25, 0.3) is 0 Å². The third-order valence-electron chi connectivity index (χ3n) is 21.4. The Hall–Kier alpha value is -1.94. The van der Waals surface area contributed by atoms with Gasteiger partial charge < -0.3 is 33.8 Å². The first kappa shape index (κ1) is 107. The molecule has 17 nitrogen and oxygen atoms in total. The molecule has 0 radical (unpaired) electrons. The molecule has 5 atom stereocenters. The van der Waals surface area contributed by atoms with Crippen molar-refractivity contribution in [1.82, 2.24) is 0 Å². The molecule has 0 saturated heterocycles. The molecule has 0 heterocycles. The van der Waals surface area contributed by atoms with Crippen LogP contribution < -0.4 is 0 Å². The van der Waals surface area contributed by atoms with Gasteiger partial charge in [0, 0.05) is 25.7 Å². The third kappa shape index (κ3) is 83.8. The van der Waals surface area contributed by atoms with Crippen LogP contribution >= 0.6 is 15.6 Å². The Morgan fingerprint density at radius 1 is 0.220 bits per heavy atom. The van der Waals surface area contributed by atoms with E-state index in [1.807, 2.05) is 0 Å². The van der Waals surface area contributed by atoms with Gasteiger partial charge in [0.2, 0.25) is 0 Å². The molecule has 19 heteroatoms. The zero-order chi connectivity index (χ0) is 79.6. The molecule has 0 aliphatic heterocycles. The fraction of sp³-hybridized carbons (Fsp3) is 0.956. The van der Waals surface area contributed by atoms with E-state index in [0.29, 0.717) is 25.7 Å². The zero-order valence-electron chi connectivity index (χ0n) is 71.5. The minimum absolute atomic E-state index is 0.109. The zero-order valence-corrected chi connectivity index (χ0v) is 73.3. The summed E-state index contributed by atoms with van der Waals surface area (Å²) >= 11 is 0. The Balaban J connectivity index is 5.19. The summed E-state index contributed by atoms with van der Waals surface area (Å²) in [5.74, 6) is -2.10. The van der Waals surface area contributed by atoms with Crippen LogP contribution in [-0.2, 0) is 65.4 Å². The maximum Gasteiger partial charge on any atom is 0.472 e. The number of phosphoric ester groups is 2. The van der Waals surface area contributed by atoms with E-state index < -0.39 is 97.5 Å². The van der Waals surface area contributed by atoms with Crippen LogP contribution in [0.25, 0.3) is 0 Å². The summed E-state index contributed by atoms with van der Waals surface area (Å²) in [6.45, 7) is 5.06. The standard InChI is InChI=1S/C90H176O17P2/c1-5-9-13-17-21-25-28-31-34-37-40-42-43-45-48-51-54-57-61-65-69-73-77-90(95)107-86(81-101-88(93)75-71-67-63-59-55-52-49-47-44-41-38-35-32-29-26-22-18-14-10-6-2)83-105-109(98,99)103-79-84(91)78-102-108(96,97)104-82-85(80-100-87(92)74-70-66-62-58-24-20-16-12-8-4)106-89(94)76-72-68-64-60-56-53-50-46-39-36-33-30-27-23-19-15-11-7-3/h84-86,91H,5-83H2,1-4H3,(H,96,97)(H,98,99)/t84-,85+,86+/m0/s1. The lowest BCUT2D eigenvalue weighted by atomic mass is 10.0. The first-order valence-electron chi connectivity index (χ1n) is 46.8. The monoisotopic (exact) mass is 1590 g/mol. The number of esters is 4. The van der Waals surface area contributed by atoms with Gasteiger partial charge in [0.1, 0.15) is 19.3 Å². The first-order valence-corrected chi connectivity index (χ1v) is 49.8. The van der Waals surface area contributed by atoms with E-state index in [-0.39, 0.29) is 25.7 Å². The number of carbonyl (C=O) groups is 4. The molecular formula is C90H176O17P2. The predicted octanol–water partition coefficient (Wildman–Crippen LogP) is 28.1. The second-order valence-corrected chi connectivity index (χ2v) is 35.3. The first-order chi connectivity index (χ1) is 53.2. The van der Waals surface area contributed by atoms with Crippen molar-refractivity contribution in [3.8, 4) is 0 Å². The molecule has 0 spiro atoms. The summed E-state index contributed by atoms with van der Waals surface area (Å²) < 4.78 is 69.0. The number of carbonyl (C=O) groups excluding carboxylic acids is 4. The van der Waals surface area contributed by atoms with Gasteiger partial charge in [-0.2, -0.15) is 0 Å². The highest BCUT2D eigenvalue weighted by Crippen LogP contribution is 2.45. The highest BCUT2D eigenvalue weighted by Gasteiger charge is 2.30. The van der Waals surface area contributed by atoms with Crippen molar-refractivity contribution >= 4 is 39.5 Å². The van der Waals surface area contributed by atoms with Gasteiger partial charge in [-0.25, -0.2) is 9.13 Å². The van der Waals surface area contributed by atoms with Gasteiger partial charge in [-0.05, 0) is 25.7 Å². The third-order valence-corrected chi connectivity index (χ3v) is 23.3. The minimum atomic E-state index is -4.97. The Labute approximate surface area is 670 Å². The van der Waals surface area contributed by atoms with Gasteiger partial charge >= 0.3 is 39.5 Å². The highest BCUT2D eigenvalue weighted by molar-refractivity contribution is 7.47. The van der Waals surface area contributed by atoms with Crippen molar-refractivity contribution in [2.24, 2.45) is 0 Å². The number of aliphatic hydroxyl groups excluding tert-OH is 1. The van der Waals surface area contributed by atoms with Crippen LogP contribution in [0.15, 0.2) is 0 Å². The maximum absolute atomic E-state index is 13.2. The number of aliphatic hydroxyl groups is 1. The molecule has 0 amide bonds. The molecule has 0 aliphatic rings. The second kappa shape index (κ2) is 84.0. The number of phosphoric acid groups is 2. The Bertz CT molecular complexity index is 2050. The molecule has 0 bridgehead atoms. The highest BCUT2D eigenvalue weighted by atomic mass is 31.2. The molecule has 0 aromatic heterocycles. The van der Waals surface area contributed by atoms with Crippen molar-refractivity contribution in [3.63, 3.8) is 0 Å². The maximum atomic E-state index is 13.2. The van der Waals surface area contributed by atoms with E-state index in [1.54, 1.807) is 0 Å². The molecule has 648 valence electrons. The molecule has 2 unspecified atom stereocenters. The largest absolute Gasteiger partial charge is 0.472 e. The molecule has 0 rings (SSSR count). The lowest BCUT2D eigenvalue weighted by Crippen LogP contribution is -2.30. The van der Waals surface area contributed by atoms with Crippen LogP contribution in [0.2, 0.25) is 0 Å². The van der Waals surface area contributed by atoms with E-state index in [2.05, 4.69) is 27.7 Å². The molecule has 0 saturated carbocycles. The van der Waals surface area contributed by atoms with Gasteiger partial charge in [-0.3, -0.25) is 37.3 Å². The lowest BCUT2D eigenvalue weighted by Gasteiger charge is -2.21. The van der Waals surface area contributed by atoms with Gasteiger partial charge in [-0.15, -0.1) is 0 Å². The van der Waals surface area contributed by atoms with Gasteiger partial charge in [-0.1, -0.05) is 445 Å². The Morgan fingerprint density at radius 3 is 0.541 bits per heavy atom. The smallest absolute Gasteiger partial charge is 0.462 e. The van der Waals surface area contributed by atoms with Gasteiger partial charge in [0.15, 0.2) is 12.2 Å². The van der Waals surface area contributed by atoms with Crippen LogP contribution in [0.1, 0.15) is 496 Å². The fourth-order valence-corrected chi connectivity index (χ4v) is 15.8. The second-order valence-electron chi connectivity index (χ2n) is 32.3. The summed E-state index contributed by atoms with van der Waals surface area (Å²) in [6, 6.07) is 0. The van der Waals surface area contributed by atoms with Crippen molar-refractivity contribution in [2.75, 3.05) is 39.6 Å². The number of hydrogen-bond acceptors (Lipinski definition) is 15. The van der Waals surface area contributed by atoms with Crippen LogP contribution in [0.4, 0.5) is 0 Å². The number of rotatable bonds is 91. The van der Waals surface area contributed by atoms with E-state index in [0.717, 1.165) is 89.9 Å². The molecular weight excluding hydrogens is 1410 g/mol. The quantitative estimate of drug-likeness (QED) is 0.0222.